The number of hydrogen-bond donors (Lipinski definition) is 0. The molecule has 0 N–H and O–H groups in total. The number of ether oxygens (including phenoxy) is 1. The molecule has 354 valence electrons. The Bertz CT molecular complexity index is 3120. The normalized spacial score (nSPS) is 14.1. The van der Waals surface area contributed by atoms with Crippen LogP contribution in [-0.4, -0.2) is 4.98 Å². The molecular weight excluding hydrogens is 1010 g/mol. The van der Waals surface area contributed by atoms with Crippen molar-refractivity contribution in [2.75, 3.05) is 4.90 Å². The SMILES string of the molecule is CC(C)c1cccc(C(C)C)c1-c1ccnc(-c2[c-]c(Oc3[c-]c(C4[N-]c5ccccc5N4c4c(C(C)C)cc5c(oc6ccccc65)c4C(C)C)cc(C(C)(C)C)c3)cc(C(C)(C)C)c2)c1.[Pt]. The number of rotatable bonds is 10. The second kappa shape index (κ2) is 18.7. The van der Waals surface area contributed by atoms with Gasteiger partial charge < -0.3 is 24.4 Å². The monoisotopic (exact) mass is 1080 g/mol. The molecule has 68 heavy (non-hydrogen) atoms. The number of furan rings is 1. The summed E-state index contributed by atoms with van der Waals surface area (Å²) in [4.78, 5) is 7.42. The summed E-state index contributed by atoms with van der Waals surface area (Å²) in [5.41, 5.74) is 17.2. The molecule has 6 heteroatoms. The van der Waals surface area contributed by atoms with Crippen LogP contribution in [0.25, 0.3) is 49.6 Å². The topological polar surface area (TPSA) is 52.6 Å². The number of pyridine rings is 1. The van der Waals surface area contributed by atoms with Crippen molar-refractivity contribution in [3.8, 4) is 33.9 Å². The fourth-order valence-corrected chi connectivity index (χ4v) is 9.79. The first-order valence-corrected chi connectivity index (χ1v) is 24.3. The zero-order valence-electron chi connectivity index (χ0n) is 42.3. The van der Waals surface area contributed by atoms with E-state index in [-0.39, 0.29) is 43.7 Å². The van der Waals surface area contributed by atoms with Crippen LogP contribution in [0.1, 0.15) is 166 Å². The average molecular weight is 1080 g/mol. The predicted octanol–water partition coefficient (Wildman–Crippen LogP) is 18.6. The summed E-state index contributed by atoms with van der Waals surface area (Å²) in [7, 11) is 0. The molecule has 2 aromatic heterocycles. The summed E-state index contributed by atoms with van der Waals surface area (Å²) in [5, 5.41) is 7.83. The van der Waals surface area contributed by atoms with Gasteiger partial charge in [-0.2, -0.15) is 11.6 Å². The summed E-state index contributed by atoms with van der Waals surface area (Å²) in [5.74, 6) is 2.37. The van der Waals surface area contributed by atoms with Gasteiger partial charge in [0.15, 0.2) is 0 Å². The summed E-state index contributed by atoms with van der Waals surface area (Å²) in [6, 6.07) is 46.6. The molecular formula is C62H66N3O2Pt-3. The van der Waals surface area contributed by atoms with Crippen molar-refractivity contribution >= 4 is 39.0 Å². The van der Waals surface area contributed by atoms with E-state index < -0.39 is 6.17 Å². The van der Waals surface area contributed by atoms with E-state index in [1.54, 1.807) is 0 Å². The van der Waals surface area contributed by atoms with Crippen LogP contribution in [0.2, 0.25) is 0 Å². The van der Waals surface area contributed by atoms with Crippen molar-refractivity contribution in [3.63, 3.8) is 0 Å². The molecule has 5 nitrogen and oxygen atoms in total. The van der Waals surface area contributed by atoms with Crippen molar-refractivity contribution in [2.24, 2.45) is 0 Å². The van der Waals surface area contributed by atoms with Gasteiger partial charge in [0.25, 0.3) is 0 Å². The van der Waals surface area contributed by atoms with Gasteiger partial charge in [0.05, 0.1) is 5.69 Å². The van der Waals surface area contributed by atoms with Gasteiger partial charge >= 0.3 is 0 Å². The Balaban J connectivity index is 0.00000625. The van der Waals surface area contributed by atoms with E-state index in [0.29, 0.717) is 23.3 Å². The van der Waals surface area contributed by atoms with E-state index in [4.69, 9.17) is 19.5 Å². The minimum Gasteiger partial charge on any atom is -0.661 e. The Labute approximate surface area is 420 Å². The molecule has 1 atom stereocenters. The third kappa shape index (κ3) is 9.16. The third-order valence-corrected chi connectivity index (χ3v) is 13.4. The maximum atomic E-state index is 7.05. The summed E-state index contributed by atoms with van der Waals surface area (Å²) < 4.78 is 13.8. The molecule has 3 heterocycles. The Kier molecular flexibility index (Phi) is 13.4. The van der Waals surface area contributed by atoms with E-state index in [2.05, 4.69) is 223 Å². The quantitative estimate of drug-likeness (QED) is 0.128. The predicted molar refractivity (Wildman–Crippen MR) is 281 cm³/mol. The van der Waals surface area contributed by atoms with Crippen LogP contribution >= 0.6 is 0 Å². The van der Waals surface area contributed by atoms with Gasteiger partial charge in [-0.05, 0) is 98.4 Å². The number of anilines is 2. The molecule has 8 aromatic rings. The van der Waals surface area contributed by atoms with Crippen molar-refractivity contribution < 1.29 is 30.2 Å². The fourth-order valence-electron chi connectivity index (χ4n) is 9.79. The summed E-state index contributed by atoms with van der Waals surface area (Å²) in [6.45, 7) is 31.7. The molecule has 0 amide bonds. The van der Waals surface area contributed by atoms with Crippen molar-refractivity contribution in [1.29, 1.82) is 0 Å². The molecule has 0 radical (unpaired) electrons. The van der Waals surface area contributed by atoms with Gasteiger partial charge in [-0.1, -0.05) is 170 Å². The molecule has 6 aromatic carbocycles. The molecule has 0 spiro atoms. The summed E-state index contributed by atoms with van der Waals surface area (Å²) in [6.07, 6.45) is 1.52. The molecule has 0 fully saturated rings. The molecule has 1 aliphatic heterocycles. The smallest absolute Gasteiger partial charge is 0.140 e. The average Bonchev–Trinajstić information content (AvgIpc) is 3.86. The fraction of sp³-hybridized carbons (Fsp3) is 0.339. The molecule has 9 rings (SSSR count). The van der Waals surface area contributed by atoms with E-state index >= 15 is 0 Å². The molecule has 0 saturated heterocycles. The Morgan fingerprint density at radius 2 is 1.25 bits per heavy atom. The van der Waals surface area contributed by atoms with E-state index in [1.807, 2.05) is 6.20 Å². The van der Waals surface area contributed by atoms with Gasteiger partial charge in [0.1, 0.15) is 11.2 Å². The number of para-hydroxylation sites is 3. The second-order valence-electron chi connectivity index (χ2n) is 21.9. The van der Waals surface area contributed by atoms with Gasteiger partial charge in [0.2, 0.25) is 0 Å². The van der Waals surface area contributed by atoms with Crippen LogP contribution in [0.15, 0.2) is 120 Å². The largest absolute Gasteiger partial charge is 0.661 e. The first-order chi connectivity index (χ1) is 31.8. The zero-order valence-corrected chi connectivity index (χ0v) is 44.6. The van der Waals surface area contributed by atoms with Crippen LogP contribution < -0.4 is 9.64 Å². The van der Waals surface area contributed by atoms with Crippen molar-refractivity contribution in [1.82, 2.24) is 4.98 Å². The molecule has 0 saturated carbocycles. The van der Waals surface area contributed by atoms with Gasteiger partial charge in [-0.25, -0.2) is 0 Å². The van der Waals surface area contributed by atoms with Crippen LogP contribution in [-0.2, 0) is 31.9 Å². The van der Waals surface area contributed by atoms with Crippen LogP contribution in [0.3, 0.4) is 0 Å². The second-order valence-corrected chi connectivity index (χ2v) is 21.9. The van der Waals surface area contributed by atoms with Crippen molar-refractivity contribution in [2.45, 2.75) is 138 Å². The Hall–Kier alpha value is -5.64. The molecule has 0 aliphatic carbocycles. The van der Waals surface area contributed by atoms with Crippen molar-refractivity contribution in [3.05, 3.63) is 172 Å². The number of hydrogen-bond acceptors (Lipinski definition) is 4. The van der Waals surface area contributed by atoms with Gasteiger partial charge in [-0.3, -0.25) is 0 Å². The van der Waals surface area contributed by atoms with Crippen LogP contribution in [0.5, 0.6) is 11.5 Å². The summed E-state index contributed by atoms with van der Waals surface area (Å²) >= 11 is 0. The number of nitrogens with zero attached hydrogens (tertiary/aromatic N) is 3. The van der Waals surface area contributed by atoms with E-state index in [0.717, 1.165) is 72.5 Å². The third-order valence-electron chi connectivity index (χ3n) is 13.4. The first kappa shape index (κ1) is 48.8. The minimum absolute atomic E-state index is 0. The first-order valence-electron chi connectivity index (χ1n) is 24.3. The number of fused-ring (bicyclic) bond motifs is 4. The molecule has 1 aliphatic rings. The van der Waals surface area contributed by atoms with Gasteiger partial charge in [0, 0.05) is 60.8 Å². The molecule has 1 unspecified atom stereocenters. The van der Waals surface area contributed by atoms with Crippen LogP contribution in [0, 0.1) is 12.1 Å². The number of benzene rings is 6. The van der Waals surface area contributed by atoms with E-state index in [9.17, 15) is 0 Å². The van der Waals surface area contributed by atoms with E-state index in [1.165, 1.54) is 27.8 Å². The Morgan fingerprint density at radius 1 is 0.632 bits per heavy atom. The maximum Gasteiger partial charge on any atom is 0.140 e. The zero-order chi connectivity index (χ0) is 47.7. The molecule has 0 bridgehead atoms. The minimum atomic E-state index is -0.421. The number of aromatic nitrogens is 1. The van der Waals surface area contributed by atoms with Crippen LogP contribution in [0.4, 0.5) is 17.1 Å². The maximum absolute atomic E-state index is 7.05. The standard InChI is InChI=1S/C62H66N3O2.Pt/c1-36(2)47-21-19-22-48(37(3)4)57(47)40-26-27-63-53(32-40)41-28-43(61(9,10)11)33-45(30-41)66-46-31-42(29-44(34-46)62(12,13)14)60-64-52-23-16-17-24-54(52)65(60)58-50(38(5)6)35-51-49-20-15-18-25-55(49)67-59(51)56(58)39(7)8;/h15-29,32-39,60H,1-14H3;/q-3;. The van der Waals surface area contributed by atoms with Gasteiger partial charge in [-0.15, -0.1) is 40.6 Å². The Morgan fingerprint density at radius 3 is 1.90 bits per heavy atom.